The van der Waals surface area contributed by atoms with Gasteiger partial charge in [0, 0.05) is 0 Å². The van der Waals surface area contributed by atoms with Gasteiger partial charge in [0.1, 0.15) is 12.8 Å². The van der Waals surface area contributed by atoms with Gasteiger partial charge in [0.15, 0.2) is 0 Å². The van der Waals surface area contributed by atoms with E-state index < -0.39 is 12.8 Å². The zero-order valence-electron chi connectivity index (χ0n) is 7.41. The second kappa shape index (κ2) is 3.46. The molecule has 1 nitrogen and oxygen atoms in total. The molecule has 0 radical (unpaired) electrons. The van der Waals surface area contributed by atoms with Gasteiger partial charge in [-0.15, -0.1) is 0 Å². The van der Waals surface area contributed by atoms with Gasteiger partial charge in [-0.2, -0.15) is 0 Å². The van der Waals surface area contributed by atoms with Crippen molar-refractivity contribution in [3.05, 3.63) is 35.4 Å². The van der Waals surface area contributed by atoms with Crippen molar-refractivity contribution in [2.75, 3.05) is 6.67 Å². The summed E-state index contributed by atoms with van der Waals surface area (Å²) in [6.07, 6.45) is 1.42. The second-order valence-corrected chi connectivity index (χ2v) is 3.57. The van der Waals surface area contributed by atoms with Crippen LogP contribution in [0.4, 0.5) is 4.39 Å². The maximum atomic E-state index is 12.3. The fourth-order valence-electron chi connectivity index (χ4n) is 1.66. The van der Waals surface area contributed by atoms with E-state index in [-0.39, 0.29) is 0 Å². The van der Waals surface area contributed by atoms with Gasteiger partial charge in [-0.3, -0.25) is 0 Å². The van der Waals surface area contributed by atoms with Crippen LogP contribution in [-0.2, 0) is 0 Å². The van der Waals surface area contributed by atoms with Crippen LogP contribution in [0.1, 0.15) is 36.0 Å². The molecule has 1 aliphatic rings. The molecule has 2 heteroatoms. The number of hydrogen-bond donors (Lipinski definition) is 1. The standard InChI is InChI=1S/C11H13FO/c12-7-11(13)10-4-2-1-3-9(10)8-5-6-8/h1-4,8,11,13H,5-7H2. The Hall–Kier alpha value is -0.890. The fourth-order valence-corrected chi connectivity index (χ4v) is 1.66. The molecule has 1 aromatic rings. The van der Waals surface area contributed by atoms with Gasteiger partial charge in [0.2, 0.25) is 0 Å². The molecule has 0 bridgehead atoms. The maximum absolute atomic E-state index is 12.3. The summed E-state index contributed by atoms with van der Waals surface area (Å²) < 4.78 is 12.3. The topological polar surface area (TPSA) is 20.2 Å². The third-order valence-corrected chi connectivity index (χ3v) is 2.52. The van der Waals surface area contributed by atoms with Gasteiger partial charge in [-0.05, 0) is 29.9 Å². The minimum Gasteiger partial charge on any atom is -0.386 e. The summed E-state index contributed by atoms with van der Waals surface area (Å²) in [6, 6.07) is 7.60. The van der Waals surface area contributed by atoms with E-state index >= 15 is 0 Å². The van der Waals surface area contributed by atoms with E-state index in [2.05, 4.69) is 0 Å². The summed E-state index contributed by atoms with van der Waals surface area (Å²) in [4.78, 5) is 0. The van der Waals surface area contributed by atoms with E-state index in [9.17, 15) is 9.50 Å². The quantitative estimate of drug-likeness (QED) is 0.758. The molecule has 2 rings (SSSR count). The normalized spacial score (nSPS) is 18.6. The zero-order chi connectivity index (χ0) is 9.26. The van der Waals surface area contributed by atoms with Crippen molar-refractivity contribution < 1.29 is 9.50 Å². The van der Waals surface area contributed by atoms with Gasteiger partial charge >= 0.3 is 0 Å². The van der Waals surface area contributed by atoms with E-state index in [0.717, 1.165) is 11.1 Å². The Balaban J connectivity index is 2.31. The van der Waals surface area contributed by atoms with Gasteiger partial charge < -0.3 is 5.11 Å². The van der Waals surface area contributed by atoms with E-state index in [0.29, 0.717) is 5.92 Å². The van der Waals surface area contributed by atoms with Gasteiger partial charge in [-0.25, -0.2) is 4.39 Å². The molecular weight excluding hydrogens is 167 g/mol. The summed E-state index contributed by atoms with van der Waals surface area (Å²) >= 11 is 0. The van der Waals surface area contributed by atoms with E-state index in [1.807, 2.05) is 24.3 Å². The van der Waals surface area contributed by atoms with Crippen LogP contribution in [0.5, 0.6) is 0 Å². The van der Waals surface area contributed by atoms with Crippen LogP contribution in [0.15, 0.2) is 24.3 Å². The highest BCUT2D eigenvalue weighted by Gasteiger charge is 2.27. The monoisotopic (exact) mass is 180 g/mol. The summed E-state index contributed by atoms with van der Waals surface area (Å²) in [5.41, 5.74) is 1.90. The molecule has 1 fully saturated rings. The molecular formula is C11H13FO. The van der Waals surface area contributed by atoms with Crippen LogP contribution in [0.25, 0.3) is 0 Å². The first-order valence-corrected chi connectivity index (χ1v) is 4.65. The Bertz CT molecular complexity index is 294. The molecule has 0 spiro atoms. The Kier molecular flexibility index (Phi) is 2.32. The smallest absolute Gasteiger partial charge is 0.119 e. The number of aliphatic hydroxyl groups excluding tert-OH is 1. The lowest BCUT2D eigenvalue weighted by molar-refractivity contribution is 0.141. The van der Waals surface area contributed by atoms with E-state index in [1.54, 1.807) is 0 Å². The number of hydrogen-bond acceptors (Lipinski definition) is 1. The van der Waals surface area contributed by atoms with Crippen molar-refractivity contribution in [2.24, 2.45) is 0 Å². The first kappa shape index (κ1) is 8.70. The number of benzene rings is 1. The average Bonchev–Trinajstić information content (AvgIpc) is 3.00. The number of halogens is 1. The number of aliphatic hydroxyl groups is 1. The first-order valence-electron chi connectivity index (χ1n) is 4.65. The lowest BCUT2D eigenvalue weighted by atomic mass is 9.99. The molecule has 1 atom stereocenters. The highest BCUT2D eigenvalue weighted by atomic mass is 19.1. The fraction of sp³-hybridized carbons (Fsp3) is 0.455. The maximum Gasteiger partial charge on any atom is 0.119 e. The Morgan fingerprint density at radius 1 is 1.38 bits per heavy atom. The van der Waals surface area contributed by atoms with Crippen LogP contribution in [0, 0.1) is 0 Å². The van der Waals surface area contributed by atoms with Crippen molar-refractivity contribution in [3.63, 3.8) is 0 Å². The van der Waals surface area contributed by atoms with E-state index in [4.69, 9.17) is 0 Å². The third-order valence-electron chi connectivity index (χ3n) is 2.52. The lowest BCUT2D eigenvalue weighted by Gasteiger charge is -2.11. The molecule has 0 amide bonds. The Morgan fingerprint density at radius 2 is 2.08 bits per heavy atom. The van der Waals surface area contributed by atoms with Gasteiger partial charge in [-0.1, -0.05) is 24.3 Å². The number of rotatable bonds is 3. The van der Waals surface area contributed by atoms with E-state index in [1.165, 1.54) is 12.8 Å². The molecule has 1 aromatic carbocycles. The largest absolute Gasteiger partial charge is 0.386 e. The summed E-state index contributed by atoms with van der Waals surface area (Å²) in [5.74, 6) is 0.567. The minimum absolute atomic E-state index is 0.567. The zero-order valence-corrected chi connectivity index (χ0v) is 7.41. The van der Waals surface area contributed by atoms with Crippen LogP contribution >= 0.6 is 0 Å². The third kappa shape index (κ3) is 1.73. The summed E-state index contributed by atoms with van der Waals surface area (Å²) in [7, 11) is 0. The molecule has 1 N–H and O–H groups in total. The predicted molar refractivity (Wildman–Crippen MR) is 49.4 cm³/mol. The van der Waals surface area contributed by atoms with Crippen LogP contribution in [0.2, 0.25) is 0 Å². The molecule has 1 saturated carbocycles. The molecule has 1 unspecified atom stereocenters. The van der Waals surface area contributed by atoms with Crippen LogP contribution in [0.3, 0.4) is 0 Å². The van der Waals surface area contributed by atoms with Gasteiger partial charge in [0.05, 0.1) is 0 Å². The van der Waals surface area contributed by atoms with Gasteiger partial charge in [0.25, 0.3) is 0 Å². The molecule has 0 aromatic heterocycles. The highest BCUT2D eigenvalue weighted by Crippen LogP contribution is 2.42. The predicted octanol–water partition coefficient (Wildman–Crippen LogP) is 2.57. The van der Waals surface area contributed by atoms with Crippen molar-refractivity contribution in [2.45, 2.75) is 24.9 Å². The Labute approximate surface area is 77.2 Å². The SMILES string of the molecule is OC(CF)c1ccccc1C1CC1. The number of alkyl halides is 1. The molecule has 0 saturated heterocycles. The molecule has 13 heavy (non-hydrogen) atoms. The highest BCUT2D eigenvalue weighted by molar-refractivity contribution is 5.34. The summed E-state index contributed by atoms with van der Waals surface area (Å²) in [5, 5.41) is 9.41. The molecule has 1 aliphatic carbocycles. The molecule has 0 aliphatic heterocycles. The van der Waals surface area contributed by atoms with Crippen molar-refractivity contribution >= 4 is 0 Å². The van der Waals surface area contributed by atoms with Crippen molar-refractivity contribution in [1.82, 2.24) is 0 Å². The minimum atomic E-state index is -0.934. The van der Waals surface area contributed by atoms with Crippen LogP contribution in [-0.4, -0.2) is 11.8 Å². The first-order chi connectivity index (χ1) is 6.33. The van der Waals surface area contributed by atoms with Crippen molar-refractivity contribution in [1.29, 1.82) is 0 Å². The lowest BCUT2D eigenvalue weighted by Crippen LogP contribution is -2.02. The van der Waals surface area contributed by atoms with Crippen LogP contribution < -0.4 is 0 Å². The molecule has 0 heterocycles. The van der Waals surface area contributed by atoms with Crippen molar-refractivity contribution in [3.8, 4) is 0 Å². The Morgan fingerprint density at radius 3 is 2.69 bits per heavy atom. The molecule has 70 valence electrons. The summed E-state index contributed by atoms with van der Waals surface area (Å²) in [6.45, 7) is -0.691. The second-order valence-electron chi connectivity index (χ2n) is 3.57. The average molecular weight is 180 g/mol.